The average Bonchev–Trinajstić information content (AvgIpc) is 2.55. The Kier molecular flexibility index (Phi) is 4.28. The van der Waals surface area contributed by atoms with Crippen molar-refractivity contribution in [3.05, 3.63) is 0 Å². The van der Waals surface area contributed by atoms with Crippen molar-refractivity contribution in [2.24, 2.45) is 0 Å². The summed E-state index contributed by atoms with van der Waals surface area (Å²) in [5, 5.41) is 35.8. The molecule has 0 heterocycles. The van der Waals surface area contributed by atoms with Crippen LogP contribution in [0.25, 0.3) is 0 Å². The van der Waals surface area contributed by atoms with Crippen LogP contribution in [0.5, 0.6) is 0 Å². The van der Waals surface area contributed by atoms with Gasteiger partial charge in [0.1, 0.15) is 0 Å². The standard InChI is InChI=1S/C8H15NO6/c10-1-2-15-7-4-5(3-6(7)11)9(14)8(12)13/h5-7,10-11,14H,1-4H2,(H,12,13)/t5?,6-,7-/m0/s1. The molecular weight excluding hydrogens is 206 g/mol. The molecule has 0 aromatic heterocycles. The number of nitrogens with zero attached hydrogens (tertiary/aromatic N) is 1. The molecule has 7 heteroatoms. The normalized spacial score (nSPS) is 30.5. The second kappa shape index (κ2) is 5.26. The Labute approximate surface area is 86.5 Å². The zero-order valence-corrected chi connectivity index (χ0v) is 8.11. The zero-order chi connectivity index (χ0) is 11.4. The Morgan fingerprint density at radius 3 is 2.67 bits per heavy atom. The monoisotopic (exact) mass is 221 g/mol. The highest BCUT2D eigenvalue weighted by molar-refractivity contribution is 5.63. The molecule has 0 aromatic rings. The van der Waals surface area contributed by atoms with E-state index in [1.54, 1.807) is 0 Å². The summed E-state index contributed by atoms with van der Waals surface area (Å²) in [6.07, 6.45) is -2.43. The summed E-state index contributed by atoms with van der Waals surface area (Å²) in [7, 11) is 0. The maximum atomic E-state index is 10.4. The van der Waals surface area contributed by atoms with E-state index in [9.17, 15) is 9.90 Å². The van der Waals surface area contributed by atoms with Crippen LogP contribution in [0.4, 0.5) is 4.79 Å². The lowest BCUT2D eigenvalue weighted by Crippen LogP contribution is -2.35. The van der Waals surface area contributed by atoms with Crippen LogP contribution in [0.2, 0.25) is 0 Å². The topological polar surface area (TPSA) is 110 Å². The number of carboxylic acid groups (broad SMARTS) is 1. The van der Waals surface area contributed by atoms with Crippen molar-refractivity contribution in [1.29, 1.82) is 0 Å². The van der Waals surface area contributed by atoms with Gasteiger partial charge in [-0.3, -0.25) is 5.21 Å². The molecule has 1 aliphatic carbocycles. The summed E-state index contributed by atoms with van der Waals surface area (Å²) in [4.78, 5) is 10.4. The molecule has 0 aromatic carbocycles. The lowest BCUT2D eigenvalue weighted by Gasteiger charge is -2.18. The zero-order valence-electron chi connectivity index (χ0n) is 8.11. The highest BCUT2D eigenvalue weighted by atomic mass is 16.6. The highest BCUT2D eigenvalue weighted by Crippen LogP contribution is 2.26. The van der Waals surface area contributed by atoms with Crippen molar-refractivity contribution in [2.45, 2.75) is 31.1 Å². The summed E-state index contributed by atoms with van der Waals surface area (Å²) in [5.41, 5.74) is 0. The first-order valence-electron chi connectivity index (χ1n) is 4.67. The molecule has 1 amide bonds. The Bertz CT molecular complexity index is 223. The Morgan fingerprint density at radius 1 is 1.47 bits per heavy atom. The van der Waals surface area contributed by atoms with E-state index in [2.05, 4.69) is 0 Å². The van der Waals surface area contributed by atoms with Gasteiger partial charge in [0.25, 0.3) is 0 Å². The molecular formula is C8H15NO6. The Morgan fingerprint density at radius 2 is 2.13 bits per heavy atom. The summed E-state index contributed by atoms with van der Waals surface area (Å²) >= 11 is 0. The van der Waals surface area contributed by atoms with Crippen LogP contribution >= 0.6 is 0 Å². The first kappa shape index (κ1) is 12.2. The molecule has 1 rings (SSSR count). The van der Waals surface area contributed by atoms with Gasteiger partial charge >= 0.3 is 6.09 Å². The van der Waals surface area contributed by atoms with Crippen LogP contribution in [-0.4, -0.2) is 63.1 Å². The smallest absolute Gasteiger partial charge is 0.431 e. The van der Waals surface area contributed by atoms with Gasteiger partial charge in [-0.25, -0.2) is 4.79 Å². The van der Waals surface area contributed by atoms with Gasteiger partial charge in [-0.05, 0) is 12.8 Å². The number of aliphatic hydroxyl groups excluding tert-OH is 2. The number of amides is 1. The average molecular weight is 221 g/mol. The molecule has 0 radical (unpaired) electrons. The van der Waals surface area contributed by atoms with Gasteiger partial charge in [0, 0.05) is 0 Å². The van der Waals surface area contributed by atoms with Crippen LogP contribution in [-0.2, 0) is 4.74 Å². The lowest BCUT2D eigenvalue weighted by molar-refractivity contribution is -0.0979. The fourth-order valence-corrected chi connectivity index (χ4v) is 1.69. The third-order valence-electron chi connectivity index (χ3n) is 2.41. The Hall–Kier alpha value is -0.890. The number of ether oxygens (including phenoxy) is 1. The van der Waals surface area contributed by atoms with Crippen molar-refractivity contribution in [1.82, 2.24) is 5.06 Å². The van der Waals surface area contributed by atoms with Crippen LogP contribution in [0.1, 0.15) is 12.8 Å². The number of hydrogen-bond donors (Lipinski definition) is 4. The molecule has 1 fully saturated rings. The molecule has 1 aliphatic rings. The molecule has 3 atom stereocenters. The first-order chi connectivity index (χ1) is 7.06. The van der Waals surface area contributed by atoms with Crippen LogP contribution in [0.3, 0.4) is 0 Å². The van der Waals surface area contributed by atoms with Crippen LogP contribution in [0, 0.1) is 0 Å². The predicted molar refractivity (Wildman–Crippen MR) is 47.5 cm³/mol. The van der Waals surface area contributed by atoms with Gasteiger partial charge in [0.2, 0.25) is 0 Å². The fraction of sp³-hybridized carbons (Fsp3) is 0.875. The Balaban J connectivity index is 2.44. The summed E-state index contributed by atoms with van der Waals surface area (Å²) in [6.45, 7) is -0.0669. The second-order valence-electron chi connectivity index (χ2n) is 3.45. The molecule has 0 spiro atoms. The number of hydroxylamine groups is 2. The predicted octanol–water partition coefficient (Wildman–Crippen LogP) is -0.744. The SMILES string of the molecule is O=C(O)N(O)C1C[C@H](OCCO)[C@@H](O)C1. The minimum atomic E-state index is -1.45. The second-order valence-corrected chi connectivity index (χ2v) is 3.45. The third kappa shape index (κ3) is 3.03. The minimum Gasteiger partial charge on any atom is -0.463 e. The van der Waals surface area contributed by atoms with Crippen molar-refractivity contribution in [3.63, 3.8) is 0 Å². The van der Waals surface area contributed by atoms with Crippen molar-refractivity contribution >= 4 is 6.09 Å². The number of rotatable bonds is 4. The van der Waals surface area contributed by atoms with Gasteiger partial charge in [0.15, 0.2) is 0 Å². The van der Waals surface area contributed by atoms with Gasteiger partial charge < -0.3 is 20.1 Å². The van der Waals surface area contributed by atoms with Gasteiger partial charge in [0.05, 0.1) is 31.5 Å². The molecule has 88 valence electrons. The van der Waals surface area contributed by atoms with Crippen molar-refractivity contribution in [2.75, 3.05) is 13.2 Å². The quantitative estimate of drug-likeness (QED) is 0.367. The van der Waals surface area contributed by atoms with E-state index in [0.29, 0.717) is 0 Å². The number of carbonyl (C=O) groups is 1. The van der Waals surface area contributed by atoms with Gasteiger partial charge in [-0.1, -0.05) is 0 Å². The van der Waals surface area contributed by atoms with E-state index < -0.39 is 24.3 Å². The lowest BCUT2D eigenvalue weighted by atomic mass is 10.2. The minimum absolute atomic E-state index is 0.0902. The summed E-state index contributed by atoms with van der Waals surface area (Å²) < 4.78 is 5.09. The van der Waals surface area contributed by atoms with E-state index in [0.717, 1.165) is 0 Å². The molecule has 1 unspecified atom stereocenters. The third-order valence-corrected chi connectivity index (χ3v) is 2.41. The molecule has 0 saturated heterocycles. The molecule has 0 aliphatic heterocycles. The van der Waals surface area contributed by atoms with Crippen LogP contribution < -0.4 is 0 Å². The van der Waals surface area contributed by atoms with E-state index in [4.69, 9.17) is 20.2 Å². The maximum Gasteiger partial charge on any atom is 0.431 e. The summed E-state index contributed by atoms with van der Waals surface area (Å²) in [6, 6.07) is -0.652. The summed E-state index contributed by atoms with van der Waals surface area (Å²) in [5.74, 6) is 0. The molecule has 1 saturated carbocycles. The molecule has 4 N–H and O–H groups in total. The van der Waals surface area contributed by atoms with E-state index in [1.165, 1.54) is 0 Å². The molecule has 15 heavy (non-hydrogen) atoms. The maximum absolute atomic E-state index is 10.4. The number of aliphatic hydroxyl groups is 2. The molecule has 7 nitrogen and oxygen atoms in total. The van der Waals surface area contributed by atoms with E-state index >= 15 is 0 Å². The molecule has 0 bridgehead atoms. The van der Waals surface area contributed by atoms with Gasteiger partial charge in [-0.15, -0.1) is 0 Å². The van der Waals surface area contributed by atoms with Crippen molar-refractivity contribution < 1.29 is 30.1 Å². The van der Waals surface area contributed by atoms with E-state index in [-0.39, 0.29) is 31.1 Å². The van der Waals surface area contributed by atoms with Gasteiger partial charge in [-0.2, -0.15) is 5.06 Å². The fourth-order valence-electron chi connectivity index (χ4n) is 1.69. The van der Waals surface area contributed by atoms with E-state index in [1.807, 2.05) is 0 Å². The first-order valence-corrected chi connectivity index (χ1v) is 4.67. The highest BCUT2D eigenvalue weighted by Gasteiger charge is 2.38. The van der Waals surface area contributed by atoms with Crippen molar-refractivity contribution in [3.8, 4) is 0 Å². The number of hydrogen-bond acceptors (Lipinski definition) is 5. The van der Waals surface area contributed by atoms with Crippen LogP contribution in [0.15, 0.2) is 0 Å². The largest absolute Gasteiger partial charge is 0.463 e.